The van der Waals surface area contributed by atoms with E-state index >= 15 is 0 Å². The van der Waals surface area contributed by atoms with Crippen LogP contribution in [0.4, 0.5) is 5.13 Å². The topological polar surface area (TPSA) is 37.4 Å². The van der Waals surface area contributed by atoms with E-state index in [0.29, 0.717) is 6.10 Å². The molecule has 0 radical (unpaired) electrons. The highest BCUT2D eigenvalue weighted by Crippen LogP contribution is 2.26. The summed E-state index contributed by atoms with van der Waals surface area (Å²) in [6.07, 6.45) is 4.67. The van der Waals surface area contributed by atoms with Crippen molar-refractivity contribution >= 4 is 16.5 Å². The summed E-state index contributed by atoms with van der Waals surface area (Å²) in [5.74, 6) is 0. The van der Waals surface area contributed by atoms with Crippen LogP contribution in [0.3, 0.4) is 0 Å². The minimum absolute atomic E-state index is 0.452. The zero-order valence-corrected chi connectivity index (χ0v) is 11.4. The lowest BCUT2D eigenvalue weighted by Gasteiger charge is -2.31. The van der Waals surface area contributed by atoms with Crippen molar-refractivity contribution in [3.63, 3.8) is 0 Å². The van der Waals surface area contributed by atoms with Crippen LogP contribution in [0.25, 0.3) is 0 Å². The molecule has 0 unspecified atom stereocenters. The van der Waals surface area contributed by atoms with Crippen molar-refractivity contribution in [2.75, 3.05) is 31.6 Å². The molecule has 0 bridgehead atoms. The van der Waals surface area contributed by atoms with E-state index < -0.39 is 0 Å². The second-order valence-corrected chi connectivity index (χ2v) is 5.37. The smallest absolute Gasteiger partial charge is 0.185 e. The van der Waals surface area contributed by atoms with Crippen molar-refractivity contribution in [2.24, 2.45) is 0 Å². The highest BCUT2D eigenvalue weighted by molar-refractivity contribution is 7.15. The normalized spacial score (nSPS) is 17.6. The van der Waals surface area contributed by atoms with Gasteiger partial charge in [0.2, 0.25) is 0 Å². The largest absolute Gasteiger partial charge is 0.378 e. The van der Waals surface area contributed by atoms with E-state index in [-0.39, 0.29) is 0 Å². The van der Waals surface area contributed by atoms with Crippen molar-refractivity contribution in [1.29, 1.82) is 0 Å². The molecule has 1 aliphatic heterocycles. The quantitative estimate of drug-likeness (QED) is 0.871. The SMILES string of the molecule is CCOC1CCN(c2ncc(CNC)s2)CC1. The van der Waals surface area contributed by atoms with Gasteiger partial charge in [0.15, 0.2) is 5.13 Å². The summed E-state index contributed by atoms with van der Waals surface area (Å²) >= 11 is 1.79. The number of rotatable bonds is 5. The fourth-order valence-electron chi connectivity index (χ4n) is 2.15. The van der Waals surface area contributed by atoms with Gasteiger partial charge in [0, 0.05) is 37.3 Å². The van der Waals surface area contributed by atoms with Crippen molar-refractivity contribution in [3.8, 4) is 0 Å². The lowest BCUT2D eigenvalue weighted by atomic mass is 10.1. The fourth-order valence-corrected chi connectivity index (χ4v) is 3.12. The minimum Gasteiger partial charge on any atom is -0.378 e. The second kappa shape index (κ2) is 6.33. The summed E-state index contributed by atoms with van der Waals surface area (Å²) in [5.41, 5.74) is 0. The fraction of sp³-hybridized carbons (Fsp3) is 0.750. The number of nitrogens with one attached hydrogen (secondary N) is 1. The molecule has 1 aliphatic rings. The van der Waals surface area contributed by atoms with E-state index in [0.717, 1.165) is 44.2 Å². The predicted octanol–water partition coefficient (Wildman–Crippen LogP) is 1.87. The van der Waals surface area contributed by atoms with Crippen LogP contribution in [-0.4, -0.2) is 37.8 Å². The van der Waals surface area contributed by atoms with Gasteiger partial charge in [0.05, 0.1) is 6.10 Å². The Kier molecular flexibility index (Phi) is 4.76. The standard InChI is InChI=1S/C12H21N3OS/c1-3-16-10-4-6-15(7-5-10)12-14-9-11(17-12)8-13-2/h9-10,13H,3-8H2,1-2H3. The molecule has 0 saturated carbocycles. The highest BCUT2D eigenvalue weighted by Gasteiger charge is 2.21. The molecule has 4 nitrogen and oxygen atoms in total. The first-order valence-electron chi connectivity index (χ1n) is 6.29. The number of nitrogens with zero attached hydrogens (tertiary/aromatic N) is 2. The molecule has 0 spiro atoms. The Bertz CT molecular complexity index is 334. The molecule has 1 N–H and O–H groups in total. The summed E-state index contributed by atoms with van der Waals surface area (Å²) in [4.78, 5) is 8.17. The molecule has 0 aromatic carbocycles. The van der Waals surface area contributed by atoms with Crippen LogP contribution in [0.5, 0.6) is 0 Å². The second-order valence-electron chi connectivity index (χ2n) is 4.28. The Balaban J connectivity index is 1.86. The van der Waals surface area contributed by atoms with Crippen molar-refractivity contribution in [3.05, 3.63) is 11.1 Å². The monoisotopic (exact) mass is 255 g/mol. The molecule has 1 saturated heterocycles. The zero-order valence-electron chi connectivity index (χ0n) is 10.6. The molecule has 0 aliphatic carbocycles. The molecule has 0 atom stereocenters. The number of thiazole rings is 1. The predicted molar refractivity (Wildman–Crippen MR) is 71.7 cm³/mol. The van der Waals surface area contributed by atoms with Crippen LogP contribution in [0.2, 0.25) is 0 Å². The first kappa shape index (κ1) is 12.8. The lowest BCUT2D eigenvalue weighted by molar-refractivity contribution is 0.0459. The molecule has 1 aromatic heterocycles. The van der Waals surface area contributed by atoms with Gasteiger partial charge in [-0.25, -0.2) is 4.98 Å². The van der Waals surface area contributed by atoms with Crippen LogP contribution in [0.15, 0.2) is 6.20 Å². The Morgan fingerprint density at radius 1 is 1.53 bits per heavy atom. The van der Waals surface area contributed by atoms with Crippen molar-refractivity contribution in [2.45, 2.75) is 32.4 Å². The molecule has 96 valence electrons. The van der Waals surface area contributed by atoms with Gasteiger partial charge in [-0.15, -0.1) is 11.3 Å². The van der Waals surface area contributed by atoms with Gasteiger partial charge < -0.3 is 15.0 Å². The average Bonchev–Trinajstić information content (AvgIpc) is 2.80. The number of ether oxygens (including phenoxy) is 1. The molecular formula is C12H21N3OS. The van der Waals surface area contributed by atoms with Gasteiger partial charge >= 0.3 is 0 Å². The summed E-state index contributed by atoms with van der Waals surface area (Å²) in [6.45, 7) is 5.94. The molecule has 1 fully saturated rings. The van der Waals surface area contributed by atoms with Gasteiger partial charge in [-0.1, -0.05) is 0 Å². The minimum atomic E-state index is 0.452. The Hall–Kier alpha value is -0.650. The average molecular weight is 255 g/mol. The van der Waals surface area contributed by atoms with E-state index in [1.807, 2.05) is 13.2 Å². The Morgan fingerprint density at radius 3 is 2.94 bits per heavy atom. The Morgan fingerprint density at radius 2 is 2.29 bits per heavy atom. The summed E-state index contributed by atoms with van der Waals surface area (Å²) < 4.78 is 5.66. The van der Waals surface area contributed by atoms with Crippen LogP contribution >= 0.6 is 11.3 Å². The van der Waals surface area contributed by atoms with E-state index in [4.69, 9.17) is 4.74 Å². The maximum absolute atomic E-state index is 5.66. The lowest BCUT2D eigenvalue weighted by Crippen LogP contribution is -2.36. The van der Waals surface area contributed by atoms with Crippen molar-refractivity contribution < 1.29 is 4.74 Å². The van der Waals surface area contributed by atoms with Gasteiger partial charge in [0.25, 0.3) is 0 Å². The number of hydrogen-bond acceptors (Lipinski definition) is 5. The number of anilines is 1. The maximum atomic E-state index is 5.66. The van der Waals surface area contributed by atoms with E-state index in [2.05, 4.69) is 22.1 Å². The number of piperidine rings is 1. The molecular weight excluding hydrogens is 234 g/mol. The van der Waals surface area contributed by atoms with Gasteiger partial charge in [0.1, 0.15) is 0 Å². The maximum Gasteiger partial charge on any atom is 0.185 e. The number of aromatic nitrogens is 1. The van der Waals surface area contributed by atoms with Crippen LogP contribution in [0.1, 0.15) is 24.6 Å². The van der Waals surface area contributed by atoms with Gasteiger partial charge in [-0.2, -0.15) is 0 Å². The van der Waals surface area contributed by atoms with E-state index in [1.165, 1.54) is 4.88 Å². The first-order chi connectivity index (χ1) is 8.33. The molecule has 2 heterocycles. The van der Waals surface area contributed by atoms with Crippen LogP contribution in [-0.2, 0) is 11.3 Å². The van der Waals surface area contributed by atoms with Gasteiger partial charge in [-0.3, -0.25) is 0 Å². The first-order valence-corrected chi connectivity index (χ1v) is 7.11. The highest BCUT2D eigenvalue weighted by atomic mass is 32.1. The summed E-state index contributed by atoms with van der Waals surface area (Å²) in [6, 6.07) is 0. The third-order valence-electron chi connectivity index (χ3n) is 3.01. The van der Waals surface area contributed by atoms with E-state index in [9.17, 15) is 0 Å². The van der Waals surface area contributed by atoms with Gasteiger partial charge in [-0.05, 0) is 26.8 Å². The van der Waals surface area contributed by atoms with E-state index in [1.54, 1.807) is 11.3 Å². The number of hydrogen-bond donors (Lipinski definition) is 1. The summed E-state index contributed by atoms with van der Waals surface area (Å²) in [7, 11) is 1.97. The molecule has 1 aromatic rings. The van der Waals surface area contributed by atoms with Crippen LogP contribution in [0, 0.1) is 0 Å². The molecule has 0 amide bonds. The van der Waals surface area contributed by atoms with Crippen LogP contribution < -0.4 is 10.2 Å². The zero-order chi connectivity index (χ0) is 12.1. The van der Waals surface area contributed by atoms with Crippen molar-refractivity contribution in [1.82, 2.24) is 10.3 Å². The molecule has 17 heavy (non-hydrogen) atoms. The third kappa shape index (κ3) is 3.40. The third-order valence-corrected chi connectivity index (χ3v) is 4.07. The summed E-state index contributed by atoms with van der Waals surface area (Å²) in [5, 5.41) is 4.31. The Labute approximate surface area is 107 Å². The molecule has 2 rings (SSSR count). The molecule has 5 heteroatoms.